The maximum Gasteiger partial charge on any atom is 0.180 e. The number of aromatic nitrogens is 1. The molecule has 2 aromatic rings. The average Bonchev–Trinajstić information content (AvgIpc) is 2.62. The Morgan fingerprint density at radius 3 is 3.00 bits per heavy atom. The lowest BCUT2D eigenvalue weighted by molar-refractivity contribution is 0.309. The molecule has 3 nitrogen and oxygen atoms in total. The van der Waals surface area contributed by atoms with E-state index in [0.29, 0.717) is 16.8 Å². The van der Waals surface area contributed by atoms with E-state index in [1.54, 1.807) is 18.3 Å². The molecule has 0 saturated carbocycles. The van der Waals surface area contributed by atoms with Crippen LogP contribution in [0.1, 0.15) is 4.88 Å². The van der Waals surface area contributed by atoms with Crippen molar-refractivity contribution in [2.24, 2.45) is 0 Å². The number of nitrogen functional groups attached to an aromatic ring is 1. The standard InChI is InChI=1S/C10H9ClN2OS/c11-7-2-1-3-8(4-7)14-6-9-5-13-10(12)15-9/h1-5H,6H2,(H2,12,13). The van der Waals surface area contributed by atoms with Crippen molar-refractivity contribution in [1.82, 2.24) is 4.98 Å². The molecule has 1 aromatic carbocycles. The van der Waals surface area contributed by atoms with Crippen molar-refractivity contribution in [3.05, 3.63) is 40.4 Å². The van der Waals surface area contributed by atoms with Crippen LogP contribution in [-0.2, 0) is 6.61 Å². The first-order valence-corrected chi connectivity index (χ1v) is 5.52. The molecule has 0 spiro atoms. The Morgan fingerprint density at radius 1 is 1.47 bits per heavy atom. The highest BCUT2D eigenvalue weighted by atomic mass is 35.5. The Labute approximate surface area is 96.5 Å². The highest BCUT2D eigenvalue weighted by Crippen LogP contribution is 2.20. The largest absolute Gasteiger partial charge is 0.488 e. The minimum Gasteiger partial charge on any atom is -0.488 e. The van der Waals surface area contributed by atoms with Crippen molar-refractivity contribution in [1.29, 1.82) is 0 Å². The first-order chi connectivity index (χ1) is 7.24. The van der Waals surface area contributed by atoms with Crippen molar-refractivity contribution in [3.8, 4) is 5.75 Å². The second kappa shape index (κ2) is 4.51. The summed E-state index contributed by atoms with van der Waals surface area (Å²) >= 11 is 7.24. The van der Waals surface area contributed by atoms with Gasteiger partial charge in [-0.25, -0.2) is 4.98 Å². The Kier molecular flexibility index (Phi) is 3.08. The van der Waals surface area contributed by atoms with Crippen molar-refractivity contribution in [3.63, 3.8) is 0 Å². The predicted molar refractivity (Wildman–Crippen MR) is 62.3 cm³/mol. The van der Waals surface area contributed by atoms with Gasteiger partial charge in [0.2, 0.25) is 0 Å². The summed E-state index contributed by atoms with van der Waals surface area (Å²) in [5.41, 5.74) is 5.50. The van der Waals surface area contributed by atoms with Gasteiger partial charge in [-0.1, -0.05) is 29.0 Å². The van der Waals surface area contributed by atoms with E-state index < -0.39 is 0 Å². The topological polar surface area (TPSA) is 48.1 Å². The monoisotopic (exact) mass is 240 g/mol. The molecule has 0 fully saturated rings. The van der Waals surface area contributed by atoms with Gasteiger partial charge in [-0.2, -0.15) is 0 Å². The number of halogens is 1. The van der Waals surface area contributed by atoms with Crippen LogP contribution in [0.3, 0.4) is 0 Å². The van der Waals surface area contributed by atoms with Crippen molar-refractivity contribution in [2.75, 3.05) is 5.73 Å². The lowest BCUT2D eigenvalue weighted by Crippen LogP contribution is -1.92. The van der Waals surface area contributed by atoms with Crippen LogP contribution in [-0.4, -0.2) is 4.98 Å². The molecule has 0 unspecified atom stereocenters. The number of hydrogen-bond donors (Lipinski definition) is 1. The minimum atomic E-state index is 0.467. The first kappa shape index (κ1) is 10.3. The SMILES string of the molecule is Nc1ncc(COc2cccc(Cl)c2)s1. The maximum absolute atomic E-state index is 5.82. The third-order valence-electron chi connectivity index (χ3n) is 1.75. The molecule has 0 amide bonds. The summed E-state index contributed by atoms with van der Waals surface area (Å²) in [6.07, 6.45) is 1.71. The van der Waals surface area contributed by atoms with E-state index in [1.807, 2.05) is 12.1 Å². The van der Waals surface area contributed by atoms with Crippen LogP contribution >= 0.6 is 22.9 Å². The molecule has 0 aliphatic rings. The van der Waals surface area contributed by atoms with Crippen LogP contribution in [0.5, 0.6) is 5.75 Å². The zero-order chi connectivity index (χ0) is 10.7. The highest BCUT2D eigenvalue weighted by molar-refractivity contribution is 7.15. The second-order valence-corrected chi connectivity index (χ2v) is 4.49. The number of benzene rings is 1. The van der Waals surface area contributed by atoms with Gasteiger partial charge >= 0.3 is 0 Å². The van der Waals surface area contributed by atoms with Gasteiger partial charge in [-0.05, 0) is 18.2 Å². The predicted octanol–water partition coefficient (Wildman–Crippen LogP) is 2.96. The molecule has 0 bridgehead atoms. The Hall–Kier alpha value is -1.26. The van der Waals surface area contributed by atoms with Crippen LogP contribution in [0.25, 0.3) is 0 Å². The van der Waals surface area contributed by atoms with Gasteiger partial charge < -0.3 is 10.5 Å². The van der Waals surface area contributed by atoms with Crippen LogP contribution in [0.4, 0.5) is 5.13 Å². The summed E-state index contributed by atoms with van der Waals surface area (Å²) in [6, 6.07) is 7.28. The zero-order valence-corrected chi connectivity index (χ0v) is 9.39. The van der Waals surface area contributed by atoms with Gasteiger partial charge in [0, 0.05) is 11.2 Å². The molecule has 78 valence electrons. The van der Waals surface area contributed by atoms with Crippen LogP contribution in [0.2, 0.25) is 5.02 Å². The van der Waals surface area contributed by atoms with E-state index in [9.17, 15) is 0 Å². The molecule has 0 aliphatic carbocycles. The lowest BCUT2D eigenvalue weighted by Gasteiger charge is -2.03. The number of anilines is 1. The number of hydrogen-bond acceptors (Lipinski definition) is 4. The molecule has 15 heavy (non-hydrogen) atoms. The van der Waals surface area contributed by atoms with E-state index in [1.165, 1.54) is 11.3 Å². The summed E-state index contributed by atoms with van der Waals surface area (Å²) in [6.45, 7) is 0.467. The number of rotatable bonds is 3. The van der Waals surface area contributed by atoms with Gasteiger partial charge in [0.1, 0.15) is 12.4 Å². The first-order valence-electron chi connectivity index (χ1n) is 4.32. The Balaban J connectivity index is 1.99. The van der Waals surface area contributed by atoms with Crippen LogP contribution in [0, 0.1) is 0 Å². The summed E-state index contributed by atoms with van der Waals surface area (Å²) in [4.78, 5) is 4.93. The number of nitrogens with zero attached hydrogens (tertiary/aromatic N) is 1. The second-order valence-electron chi connectivity index (χ2n) is 2.91. The molecule has 0 radical (unpaired) electrons. The number of thiazole rings is 1. The van der Waals surface area contributed by atoms with E-state index in [4.69, 9.17) is 22.1 Å². The van der Waals surface area contributed by atoms with Gasteiger partial charge in [0.05, 0.1) is 4.88 Å². The summed E-state index contributed by atoms with van der Waals surface area (Å²) in [7, 11) is 0. The fraction of sp³-hybridized carbons (Fsp3) is 0.100. The van der Waals surface area contributed by atoms with E-state index in [0.717, 1.165) is 10.6 Å². The molecule has 0 atom stereocenters. The minimum absolute atomic E-state index is 0.467. The average molecular weight is 241 g/mol. The molecule has 5 heteroatoms. The highest BCUT2D eigenvalue weighted by Gasteiger charge is 2.00. The fourth-order valence-corrected chi connectivity index (χ4v) is 1.88. The molecule has 0 aliphatic heterocycles. The third-order valence-corrected chi connectivity index (χ3v) is 2.78. The van der Waals surface area contributed by atoms with E-state index in [2.05, 4.69) is 4.98 Å². The van der Waals surface area contributed by atoms with Crippen molar-refractivity contribution < 1.29 is 4.74 Å². The van der Waals surface area contributed by atoms with Gasteiger partial charge in [-0.3, -0.25) is 0 Å². The van der Waals surface area contributed by atoms with Gasteiger partial charge in [0.25, 0.3) is 0 Å². The maximum atomic E-state index is 5.82. The van der Waals surface area contributed by atoms with Crippen LogP contribution < -0.4 is 10.5 Å². The lowest BCUT2D eigenvalue weighted by atomic mass is 10.3. The van der Waals surface area contributed by atoms with Gasteiger partial charge in [-0.15, -0.1) is 0 Å². The van der Waals surface area contributed by atoms with Crippen molar-refractivity contribution in [2.45, 2.75) is 6.61 Å². The molecular formula is C10H9ClN2OS. The smallest absolute Gasteiger partial charge is 0.180 e. The quantitative estimate of drug-likeness (QED) is 0.897. The Bertz CT molecular complexity index is 458. The third kappa shape index (κ3) is 2.84. The molecule has 2 rings (SSSR count). The summed E-state index contributed by atoms with van der Waals surface area (Å²) in [5, 5.41) is 1.22. The zero-order valence-electron chi connectivity index (χ0n) is 7.81. The van der Waals surface area contributed by atoms with E-state index in [-0.39, 0.29) is 0 Å². The Morgan fingerprint density at radius 2 is 2.33 bits per heavy atom. The summed E-state index contributed by atoms with van der Waals surface area (Å²) in [5.74, 6) is 0.745. The van der Waals surface area contributed by atoms with Gasteiger partial charge in [0.15, 0.2) is 5.13 Å². The number of nitrogens with two attached hydrogens (primary N) is 1. The molecule has 0 saturated heterocycles. The molecule has 1 aromatic heterocycles. The van der Waals surface area contributed by atoms with Crippen LogP contribution in [0.15, 0.2) is 30.5 Å². The number of ether oxygens (including phenoxy) is 1. The molecule has 1 heterocycles. The molecule has 2 N–H and O–H groups in total. The fourth-order valence-electron chi connectivity index (χ4n) is 1.10. The van der Waals surface area contributed by atoms with E-state index >= 15 is 0 Å². The van der Waals surface area contributed by atoms with Crippen molar-refractivity contribution >= 4 is 28.1 Å². The summed E-state index contributed by atoms with van der Waals surface area (Å²) < 4.78 is 5.52. The normalized spacial score (nSPS) is 10.2. The molecular weight excluding hydrogens is 232 g/mol.